The Hall–Kier alpha value is -1.40. The molecule has 5 nitrogen and oxygen atoms in total. The molecule has 0 aromatic heterocycles. The van der Waals surface area contributed by atoms with Crippen LogP contribution in [0.25, 0.3) is 0 Å². The highest BCUT2D eigenvalue weighted by Gasteiger charge is 2.36. The standard InChI is InChI=1S/C18H26N2O3S/c1-14(2)13-15-3-7-17(8-4-15)24(22,23)20-11-9-19(10-12-20)18(21)16-5-6-16/h3-4,7-8,14,16H,5-6,9-13H2,1-2H3. The molecule has 1 amide bonds. The van der Waals surface area contributed by atoms with E-state index < -0.39 is 10.0 Å². The van der Waals surface area contributed by atoms with Gasteiger partial charge in [0.15, 0.2) is 0 Å². The third kappa shape index (κ3) is 3.81. The van der Waals surface area contributed by atoms with E-state index in [0.717, 1.165) is 24.8 Å². The topological polar surface area (TPSA) is 57.7 Å². The van der Waals surface area contributed by atoms with Crippen LogP contribution < -0.4 is 0 Å². The first-order valence-electron chi connectivity index (χ1n) is 8.76. The molecule has 1 heterocycles. The molecule has 1 aliphatic heterocycles. The molecule has 1 aromatic carbocycles. The summed E-state index contributed by atoms with van der Waals surface area (Å²) >= 11 is 0. The molecule has 1 saturated carbocycles. The largest absolute Gasteiger partial charge is 0.340 e. The van der Waals surface area contributed by atoms with Gasteiger partial charge in [-0.25, -0.2) is 8.42 Å². The van der Waals surface area contributed by atoms with Gasteiger partial charge in [0.1, 0.15) is 0 Å². The van der Waals surface area contributed by atoms with E-state index in [1.807, 2.05) is 17.0 Å². The van der Waals surface area contributed by atoms with Gasteiger partial charge in [0.2, 0.25) is 15.9 Å². The van der Waals surface area contributed by atoms with E-state index in [0.29, 0.717) is 37.0 Å². The minimum atomic E-state index is -3.47. The van der Waals surface area contributed by atoms with Crippen molar-refractivity contribution in [1.29, 1.82) is 0 Å². The molecule has 1 aromatic rings. The van der Waals surface area contributed by atoms with Crippen LogP contribution in [-0.2, 0) is 21.2 Å². The highest BCUT2D eigenvalue weighted by Crippen LogP contribution is 2.31. The molecule has 0 spiro atoms. The Morgan fingerprint density at radius 3 is 2.17 bits per heavy atom. The third-order valence-corrected chi connectivity index (χ3v) is 6.59. The maximum atomic E-state index is 12.8. The van der Waals surface area contributed by atoms with E-state index in [4.69, 9.17) is 0 Å². The van der Waals surface area contributed by atoms with Gasteiger partial charge >= 0.3 is 0 Å². The number of hydrogen-bond donors (Lipinski definition) is 0. The summed E-state index contributed by atoms with van der Waals surface area (Å²) in [5.41, 5.74) is 1.16. The summed E-state index contributed by atoms with van der Waals surface area (Å²) in [6, 6.07) is 7.21. The van der Waals surface area contributed by atoms with E-state index in [1.54, 1.807) is 12.1 Å². The number of rotatable bonds is 5. The molecule has 24 heavy (non-hydrogen) atoms. The maximum Gasteiger partial charge on any atom is 0.243 e. The zero-order chi connectivity index (χ0) is 17.3. The monoisotopic (exact) mass is 350 g/mol. The Balaban J connectivity index is 1.64. The van der Waals surface area contributed by atoms with E-state index in [9.17, 15) is 13.2 Å². The van der Waals surface area contributed by atoms with Crippen LogP contribution in [0.15, 0.2) is 29.2 Å². The van der Waals surface area contributed by atoms with E-state index in [2.05, 4.69) is 13.8 Å². The number of benzene rings is 1. The van der Waals surface area contributed by atoms with Gasteiger partial charge in [0.25, 0.3) is 0 Å². The molecule has 0 unspecified atom stereocenters. The molecule has 0 N–H and O–H groups in total. The molecule has 1 saturated heterocycles. The predicted molar refractivity (Wildman–Crippen MR) is 93.0 cm³/mol. The number of amides is 1. The van der Waals surface area contributed by atoms with Crippen LogP contribution in [0.5, 0.6) is 0 Å². The summed E-state index contributed by atoms with van der Waals surface area (Å²) in [5, 5.41) is 0. The second-order valence-corrected chi connectivity index (χ2v) is 9.18. The van der Waals surface area contributed by atoms with Gasteiger partial charge in [-0.2, -0.15) is 4.31 Å². The summed E-state index contributed by atoms with van der Waals surface area (Å²) in [7, 11) is -3.47. The van der Waals surface area contributed by atoms with Crippen molar-refractivity contribution in [2.45, 2.75) is 38.0 Å². The van der Waals surface area contributed by atoms with Crippen molar-refractivity contribution in [3.63, 3.8) is 0 Å². The Morgan fingerprint density at radius 2 is 1.67 bits per heavy atom. The minimum Gasteiger partial charge on any atom is -0.340 e. The summed E-state index contributed by atoms with van der Waals surface area (Å²) in [6.45, 7) is 6.06. The lowest BCUT2D eigenvalue weighted by Gasteiger charge is -2.34. The number of hydrogen-bond acceptors (Lipinski definition) is 3. The smallest absolute Gasteiger partial charge is 0.243 e. The molecule has 2 fully saturated rings. The summed E-state index contributed by atoms with van der Waals surface area (Å²) < 4.78 is 27.0. The van der Waals surface area contributed by atoms with Crippen molar-refractivity contribution in [2.75, 3.05) is 26.2 Å². The van der Waals surface area contributed by atoms with Crippen LogP contribution in [0, 0.1) is 11.8 Å². The summed E-state index contributed by atoms with van der Waals surface area (Å²) in [4.78, 5) is 14.2. The molecule has 1 aliphatic carbocycles. The van der Waals surface area contributed by atoms with Crippen molar-refractivity contribution in [3.8, 4) is 0 Å². The highest BCUT2D eigenvalue weighted by molar-refractivity contribution is 7.89. The molecular weight excluding hydrogens is 324 g/mol. The van der Waals surface area contributed by atoms with Gasteiger partial charge in [-0.05, 0) is 42.9 Å². The lowest BCUT2D eigenvalue weighted by atomic mass is 10.0. The van der Waals surface area contributed by atoms with Crippen LogP contribution in [-0.4, -0.2) is 49.7 Å². The molecule has 0 atom stereocenters. The number of nitrogens with zero attached hydrogens (tertiary/aromatic N) is 2. The molecule has 0 bridgehead atoms. The van der Waals surface area contributed by atoms with Crippen molar-refractivity contribution in [3.05, 3.63) is 29.8 Å². The molecule has 132 valence electrons. The van der Waals surface area contributed by atoms with Crippen LogP contribution in [0.2, 0.25) is 0 Å². The van der Waals surface area contributed by atoms with Gasteiger partial charge < -0.3 is 4.90 Å². The van der Waals surface area contributed by atoms with Gasteiger partial charge in [0, 0.05) is 32.1 Å². The van der Waals surface area contributed by atoms with Crippen molar-refractivity contribution < 1.29 is 13.2 Å². The lowest BCUT2D eigenvalue weighted by molar-refractivity contribution is -0.133. The first-order valence-corrected chi connectivity index (χ1v) is 10.2. The van der Waals surface area contributed by atoms with E-state index >= 15 is 0 Å². The SMILES string of the molecule is CC(C)Cc1ccc(S(=O)(=O)N2CCN(C(=O)C3CC3)CC2)cc1. The van der Waals surface area contributed by atoms with Crippen molar-refractivity contribution in [2.24, 2.45) is 11.8 Å². The molecule has 3 rings (SSSR count). The number of carbonyl (C=O) groups is 1. The minimum absolute atomic E-state index is 0.196. The van der Waals surface area contributed by atoms with Crippen molar-refractivity contribution >= 4 is 15.9 Å². The molecular formula is C18H26N2O3S. The number of piperazine rings is 1. The van der Waals surface area contributed by atoms with E-state index in [1.165, 1.54) is 4.31 Å². The Morgan fingerprint density at radius 1 is 1.08 bits per heavy atom. The van der Waals surface area contributed by atoms with Crippen LogP contribution in [0.3, 0.4) is 0 Å². The molecule has 2 aliphatic rings. The average Bonchev–Trinajstić information content (AvgIpc) is 3.39. The molecule has 0 radical (unpaired) electrons. The first-order chi connectivity index (χ1) is 11.4. The Bertz CT molecular complexity index is 685. The van der Waals surface area contributed by atoms with Crippen LogP contribution in [0.1, 0.15) is 32.3 Å². The van der Waals surface area contributed by atoms with Crippen LogP contribution in [0.4, 0.5) is 0 Å². The second kappa shape index (κ2) is 6.84. The van der Waals surface area contributed by atoms with Crippen molar-refractivity contribution in [1.82, 2.24) is 9.21 Å². The van der Waals surface area contributed by atoms with E-state index in [-0.39, 0.29) is 11.8 Å². The normalized spacial score (nSPS) is 19.7. The van der Waals surface area contributed by atoms with Crippen LogP contribution >= 0.6 is 0 Å². The average molecular weight is 350 g/mol. The predicted octanol–water partition coefficient (Wildman–Crippen LogP) is 2.13. The fourth-order valence-electron chi connectivity index (χ4n) is 3.16. The maximum absolute atomic E-state index is 12.8. The van der Waals surface area contributed by atoms with Gasteiger partial charge in [0.05, 0.1) is 4.90 Å². The first kappa shape index (κ1) is 17.4. The zero-order valence-corrected chi connectivity index (χ0v) is 15.3. The molecule has 6 heteroatoms. The Kier molecular flexibility index (Phi) is 4.97. The van der Waals surface area contributed by atoms with Gasteiger partial charge in [-0.15, -0.1) is 0 Å². The second-order valence-electron chi connectivity index (χ2n) is 7.25. The summed E-state index contributed by atoms with van der Waals surface area (Å²) in [6.07, 6.45) is 2.92. The fraction of sp³-hybridized carbons (Fsp3) is 0.611. The summed E-state index contributed by atoms with van der Waals surface area (Å²) in [5.74, 6) is 0.941. The quantitative estimate of drug-likeness (QED) is 0.817. The number of sulfonamides is 1. The van der Waals surface area contributed by atoms with Gasteiger partial charge in [-0.1, -0.05) is 26.0 Å². The van der Waals surface area contributed by atoms with Gasteiger partial charge in [-0.3, -0.25) is 4.79 Å². The number of carbonyl (C=O) groups excluding carboxylic acids is 1. The highest BCUT2D eigenvalue weighted by atomic mass is 32.2. The lowest BCUT2D eigenvalue weighted by Crippen LogP contribution is -2.50. The zero-order valence-electron chi connectivity index (χ0n) is 14.4. The third-order valence-electron chi connectivity index (χ3n) is 4.68. The Labute approximate surface area is 144 Å². The fourth-order valence-corrected chi connectivity index (χ4v) is 4.58.